The summed E-state index contributed by atoms with van der Waals surface area (Å²) in [6.45, 7) is 0. The molecule has 0 radical (unpaired) electrons. The largest absolute Gasteiger partial charge is 0.299 e. The fourth-order valence-electron chi connectivity index (χ4n) is 1.98. The van der Waals surface area contributed by atoms with Crippen LogP contribution in [-0.2, 0) is 4.79 Å². The van der Waals surface area contributed by atoms with Gasteiger partial charge in [0.1, 0.15) is 18.1 Å². The molecule has 0 aromatic carbocycles. The molecule has 0 saturated heterocycles. The number of halogens is 2. The summed E-state index contributed by atoms with van der Waals surface area (Å²) in [5.74, 6) is -0.973. The molecular formula is C7H8F2O. The second-order valence-electron chi connectivity index (χ2n) is 3.16. The second kappa shape index (κ2) is 1.77. The van der Waals surface area contributed by atoms with E-state index >= 15 is 0 Å². The monoisotopic (exact) mass is 146 g/mol. The standard InChI is InChI=1S/C7H8F2O/c8-6-3-1-4(7(6)9)5(10)2-3/h3-4,6-7H,1-2H2/t3-,4+,6-,7+/m0/s1. The van der Waals surface area contributed by atoms with Crippen molar-refractivity contribution < 1.29 is 13.6 Å². The van der Waals surface area contributed by atoms with Crippen molar-refractivity contribution in [3.8, 4) is 0 Å². The fraction of sp³-hybridized carbons (Fsp3) is 0.857. The number of ketones is 1. The van der Waals surface area contributed by atoms with Gasteiger partial charge in [-0.15, -0.1) is 0 Å². The molecule has 10 heavy (non-hydrogen) atoms. The highest BCUT2D eigenvalue weighted by molar-refractivity contribution is 5.85. The molecule has 0 unspecified atom stereocenters. The number of Topliss-reactive ketones (excluding diaryl/α,β-unsaturated/α-hetero) is 1. The Hall–Kier alpha value is -0.470. The van der Waals surface area contributed by atoms with Gasteiger partial charge in [0.15, 0.2) is 0 Å². The zero-order valence-electron chi connectivity index (χ0n) is 5.39. The molecule has 2 saturated carbocycles. The van der Waals surface area contributed by atoms with Crippen molar-refractivity contribution >= 4 is 5.78 Å². The molecule has 2 aliphatic rings. The Labute approximate surface area is 57.4 Å². The molecule has 0 heterocycles. The molecule has 2 aliphatic carbocycles. The number of alkyl halides is 2. The third kappa shape index (κ3) is 0.580. The molecule has 3 heteroatoms. The lowest BCUT2D eigenvalue weighted by molar-refractivity contribution is -0.125. The van der Waals surface area contributed by atoms with Crippen molar-refractivity contribution in [3.63, 3.8) is 0 Å². The summed E-state index contributed by atoms with van der Waals surface area (Å²) in [6.07, 6.45) is -2.14. The van der Waals surface area contributed by atoms with Crippen molar-refractivity contribution in [1.82, 2.24) is 0 Å². The van der Waals surface area contributed by atoms with Crippen LogP contribution in [0.4, 0.5) is 8.78 Å². The van der Waals surface area contributed by atoms with Gasteiger partial charge < -0.3 is 0 Å². The quantitative estimate of drug-likeness (QED) is 0.503. The van der Waals surface area contributed by atoms with Crippen molar-refractivity contribution in [2.75, 3.05) is 0 Å². The van der Waals surface area contributed by atoms with Gasteiger partial charge in [0, 0.05) is 12.3 Å². The second-order valence-corrected chi connectivity index (χ2v) is 3.16. The van der Waals surface area contributed by atoms with Crippen LogP contribution >= 0.6 is 0 Å². The van der Waals surface area contributed by atoms with E-state index in [1.807, 2.05) is 0 Å². The summed E-state index contributed by atoms with van der Waals surface area (Å²) in [7, 11) is 0. The topological polar surface area (TPSA) is 17.1 Å². The van der Waals surface area contributed by atoms with E-state index in [-0.39, 0.29) is 18.1 Å². The summed E-state index contributed by atoms with van der Waals surface area (Å²) in [6, 6.07) is 0. The predicted octanol–water partition coefficient (Wildman–Crippen LogP) is 1.27. The molecule has 2 rings (SSSR count). The van der Waals surface area contributed by atoms with Crippen LogP contribution in [0.1, 0.15) is 12.8 Å². The minimum atomic E-state index is -1.49. The van der Waals surface area contributed by atoms with Gasteiger partial charge in [-0.2, -0.15) is 0 Å². The predicted molar refractivity (Wildman–Crippen MR) is 31.0 cm³/mol. The van der Waals surface area contributed by atoms with E-state index in [1.54, 1.807) is 0 Å². The summed E-state index contributed by atoms with van der Waals surface area (Å²) >= 11 is 0. The minimum Gasteiger partial charge on any atom is -0.299 e. The van der Waals surface area contributed by atoms with Gasteiger partial charge in [0.2, 0.25) is 0 Å². The first-order chi connectivity index (χ1) is 4.70. The molecule has 0 aromatic heterocycles. The Morgan fingerprint density at radius 2 is 2.00 bits per heavy atom. The lowest BCUT2D eigenvalue weighted by Crippen LogP contribution is -2.30. The number of hydrogen-bond donors (Lipinski definition) is 0. The van der Waals surface area contributed by atoms with E-state index in [0.717, 1.165) is 0 Å². The first kappa shape index (κ1) is 6.25. The summed E-state index contributed by atoms with van der Waals surface area (Å²) < 4.78 is 25.3. The van der Waals surface area contributed by atoms with Gasteiger partial charge in [-0.1, -0.05) is 0 Å². The highest BCUT2D eigenvalue weighted by Gasteiger charge is 2.53. The molecule has 1 nitrogen and oxygen atoms in total. The highest BCUT2D eigenvalue weighted by atomic mass is 19.2. The van der Waals surface area contributed by atoms with E-state index in [1.165, 1.54) is 0 Å². The Bertz CT molecular complexity index is 178. The zero-order chi connectivity index (χ0) is 7.30. The molecule has 4 atom stereocenters. The van der Waals surface area contributed by atoms with Gasteiger partial charge >= 0.3 is 0 Å². The summed E-state index contributed by atoms with van der Waals surface area (Å²) in [5, 5.41) is 0. The smallest absolute Gasteiger partial charge is 0.141 e. The maximum Gasteiger partial charge on any atom is 0.141 e. The Kier molecular flexibility index (Phi) is 1.11. The molecule has 56 valence electrons. The normalized spacial score (nSPS) is 52.4. The summed E-state index contributed by atoms with van der Waals surface area (Å²) in [4.78, 5) is 10.8. The van der Waals surface area contributed by atoms with Crippen molar-refractivity contribution in [1.29, 1.82) is 0 Å². The minimum absolute atomic E-state index is 0.0774. The van der Waals surface area contributed by atoms with Gasteiger partial charge in [0.25, 0.3) is 0 Å². The number of fused-ring (bicyclic) bond motifs is 2. The molecule has 2 fully saturated rings. The average molecular weight is 146 g/mol. The van der Waals surface area contributed by atoms with E-state index < -0.39 is 18.3 Å². The van der Waals surface area contributed by atoms with E-state index in [4.69, 9.17) is 0 Å². The van der Waals surface area contributed by atoms with Crippen molar-refractivity contribution in [2.45, 2.75) is 25.2 Å². The Morgan fingerprint density at radius 1 is 1.30 bits per heavy atom. The molecule has 0 aromatic rings. The fourth-order valence-corrected chi connectivity index (χ4v) is 1.98. The van der Waals surface area contributed by atoms with Crippen LogP contribution in [0, 0.1) is 11.8 Å². The van der Waals surface area contributed by atoms with Crippen LogP contribution in [0.5, 0.6) is 0 Å². The number of carbonyl (C=O) groups excluding carboxylic acids is 1. The average Bonchev–Trinajstić information content (AvgIpc) is 2.36. The Morgan fingerprint density at radius 3 is 2.40 bits per heavy atom. The van der Waals surface area contributed by atoms with Gasteiger partial charge in [-0.3, -0.25) is 4.79 Å². The summed E-state index contributed by atoms with van der Waals surface area (Å²) in [5.41, 5.74) is 0. The first-order valence-corrected chi connectivity index (χ1v) is 3.51. The highest BCUT2D eigenvalue weighted by Crippen LogP contribution is 2.45. The van der Waals surface area contributed by atoms with Crippen molar-refractivity contribution in [2.24, 2.45) is 11.8 Å². The van der Waals surface area contributed by atoms with Gasteiger partial charge in [-0.05, 0) is 6.42 Å². The van der Waals surface area contributed by atoms with Crippen LogP contribution in [-0.4, -0.2) is 18.1 Å². The maximum atomic E-state index is 12.7. The van der Waals surface area contributed by atoms with Crippen LogP contribution in [0.15, 0.2) is 0 Å². The number of rotatable bonds is 0. The third-order valence-electron chi connectivity index (χ3n) is 2.57. The van der Waals surface area contributed by atoms with E-state index in [9.17, 15) is 13.6 Å². The SMILES string of the molecule is O=C1C[C@@H]2C[C@H]1[C@@H](F)[C@H]2F. The third-order valence-corrected chi connectivity index (χ3v) is 2.57. The molecule has 0 amide bonds. The van der Waals surface area contributed by atoms with E-state index in [0.29, 0.717) is 6.42 Å². The van der Waals surface area contributed by atoms with E-state index in [2.05, 4.69) is 0 Å². The molecule has 0 aliphatic heterocycles. The van der Waals surface area contributed by atoms with Crippen LogP contribution in [0.3, 0.4) is 0 Å². The van der Waals surface area contributed by atoms with Crippen molar-refractivity contribution in [3.05, 3.63) is 0 Å². The maximum absolute atomic E-state index is 12.7. The van der Waals surface area contributed by atoms with Gasteiger partial charge in [-0.25, -0.2) is 8.78 Å². The Balaban J connectivity index is 2.24. The number of carbonyl (C=O) groups is 1. The van der Waals surface area contributed by atoms with Crippen LogP contribution < -0.4 is 0 Å². The van der Waals surface area contributed by atoms with Crippen LogP contribution in [0.2, 0.25) is 0 Å². The molecule has 0 N–H and O–H groups in total. The van der Waals surface area contributed by atoms with Gasteiger partial charge in [0.05, 0.1) is 5.92 Å². The molecule has 2 bridgehead atoms. The van der Waals surface area contributed by atoms with Crippen LogP contribution in [0.25, 0.3) is 0 Å². The lowest BCUT2D eigenvalue weighted by Gasteiger charge is -2.16. The zero-order valence-corrected chi connectivity index (χ0v) is 5.39. The molecular weight excluding hydrogens is 138 g/mol. The number of hydrogen-bond acceptors (Lipinski definition) is 1. The molecule has 0 spiro atoms. The lowest BCUT2D eigenvalue weighted by atomic mass is 9.96. The first-order valence-electron chi connectivity index (χ1n) is 3.51.